The molecule has 1 amide bonds. The summed E-state index contributed by atoms with van der Waals surface area (Å²) in [6.07, 6.45) is 1.10. The lowest BCUT2D eigenvalue weighted by Crippen LogP contribution is -2.13. The molecule has 0 saturated carbocycles. The van der Waals surface area contributed by atoms with Gasteiger partial charge >= 0.3 is 0 Å². The molecule has 0 saturated heterocycles. The van der Waals surface area contributed by atoms with E-state index >= 15 is 0 Å². The zero-order valence-electron chi connectivity index (χ0n) is 17.0. The number of aryl methyl sites for hydroxylation is 2. The second-order valence-electron chi connectivity index (χ2n) is 6.99. The van der Waals surface area contributed by atoms with Gasteiger partial charge in [-0.1, -0.05) is 47.5 Å². The van der Waals surface area contributed by atoms with Crippen molar-refractivity contribution in [1.82, 2.24) is 9.78 Å². The van der Waals surface area contributed by atoms with E-state index in [1.54, 1.807) is 35.9 Å². The molecule has 154 valence electrons. The van der Waals surface area contributed by atoms with Gasteiger partial charge in [0, 0.05) is 18.2 Å². The van der Waals surface area contributed by atoms with Gasteiger partial charge in [-0.3, -0.25) is 4.79 Å². The van der Waals surface area contributed by atoms with Crippen LogP contribution < -0.4 is 10.1 Å². The molecule has 0 atom stereocenters. The van der Waals surface area contributed by atoms with Gasteiger partial charge in [0.25, 0.3) is 5.91 Å². The third-order valence-electron chi connectivity index (χ3n) is 4.54. The van der Waals surface area contributed by atoms with Crippen LogP contribution in [-0.2, 0) is 6.54 Å². The summed E-state index contributed by atoms with van der Waals surface area (Å²) in [6.45, 7) is 4.73. The molecule has 0 spiro atoms. The van der Waals surface area contributed by atoms with Gasteiger partial charge in [0.1, 0.15) is 10.9 Å². The molecule has 2 aromatic carbocycles. The van der Waals surface area contributed by atoms with Crippen LogP contribution in [0.1, 0.15) is 40.0 Å². The number of carbonyl (C=O) groups excluding carboxylic acids is 1. The summed E-state index contributed by atoms with van der Waals surface area (Å²) >= 11 is 6.49. The molecule has 1 aromatic heterocycles. The number of unbranched alkanes of at least 4 members (excludes halogenated alkanes) is 1. The normalized spacial score (nSPS) is 10.5. The molecule has 0 fully saturated rings. The Labute approximate surface area is 181 Å². The van der Waals surface area contributed by atoms with Gasteiger partial charge in [0.15, 0.2) is 0 Å². The van der Waals surface area contributed by atoms with Crippen LogP contribution in [-0.4, -0.2) is 22.3 Å². The van der Waals surface area contributed by atoms with Crippen LogP contribution in [0.2, 0.25) is 5.15 Å². The van der Waals surface area contributed by atoms with E-state index in [9.17, 15) is 4.79 Å². The highest BCUT2D eigenvalue weighted by molar-refractivity contribution is 6.33. The monoisotopic (exact) mass is 422 g/mol. The van der Waals surface area contributed by atoms with Gasteiger partial charge in [0.2, 0.25) is 0 Å². The summed E-state index contributed by atoms with van der Waals surface area (Å²) in [5, 5.41) is 16.2. The molecule has 0 bridgehead atoms. The predicted molar refractivity (Wildman–Crippen MR) is 117 cm³/mol. The van der Waals surface area contributed by atoms with Gasteiger partial charge < -0.3 is 10.1 Å². The summed E-state index contributed by atoms with van der Waals surface area (Å²) in [5.74, 6) is 0.304. The minimum Gasteiger partial charge on any atom is -0.493 e. The van der Waals surface area contributed by atoms with Crippen molar-refractivity contribution in [2.75, 3.05) is 11.9 Å². The first-order valence-corrected chi connectivity index (χ1v) is 10.1. The Kier molecular flexibility index (Phi) is 7.10. The highest BCUT2D eigenvalue weighted by atomic mass is 35.5. The van der Waals surface area contributed by atoms with Gasteiger partial charge in [-0.15, -0.1) is 0 Å². The highest BCUT2D eigenvalue weighted by Gasteiger charge is 2.20. The molecular formula is C23H23ClN4O2. The van der Waals surface area contributed by atoms with Crippen LogP contribution in [0.25, 0.3) is 0 Å². The van der Waals surface area contributed by atoms with E-state index in [1.165, 1.54) is 5.56 Å². The van der Waals surface area contributed by atoms with Gasteiger partial charge in [-0.2, -0.15) is 10.4 Å². The van der Waals surface area contributed by atoms with Crippen molar-refractivity contribution >= 4 is 23.2 Å². The number of carbonyl (C=O) groups is 1. The number of ether oxygens (including phenoxy) is 1. The molecule has 6 nitrogen and oxygen atoms in total. The van der Waals surface area contributed by atoms with E-state index in [0.29, 0.717) is 53.8 Å². The third kappa shape index (κ3) is 5.40. The molecule has 3 aromatic rings. The molecule has 7 heteroatoms. The van der Waals surface area contributed by atoms with Gasteiger partial charge in [0.05, 0.1) is 30.5 Å². The number of halogens is 1. The summed E-state index contributed by atoms with van der Waals surface area (Å²) in [6, 6.07) is 17.3. The van der Waals surface area contributed by atoms with E-state index in [0.717, 1.165) is 5.56 Å². The summed E-state index contributed by atoms with van der Waals surface area (Å²) in [7, 11) is 0. The van der Waals surface area contributed by atoms with Crippen molar-refractivity contribution in [3.8, 4) is 11.8 Å². The number of benzene rings is 2. The topological polar surface area (TPSA) is 79.9 Å². The summed E-state index contributed by atoms with van der Waals surface area (Å²) < 4.78 is 7.25. The average Bonchev–Trinajstić information content (AvgIpc) is 3.00. The lowest BCUT2D eigenvalue weighted by Gasteiger charge is -2.09. The maximum absolute atomic E-state index is 12.9. The number of nitriles is 1. The molecule has 0 aliphatic heterocycles. The number of hydrogen-bond donors (Lipinski definition) is 1. The maximum atomic E-state index is 12.9. The van der Waals surface area contributed by atoms with E-state index in [1.807, 2.05) is 31.2 Å². The maximum Gasteiger partial charge on any atom is 0.260 e. The fourth-order valence-corrected chi connectivity index (χ4v) is 3.30. The molecule has 1 heterocycles. The zero-order valence-corrected chi connectivity index (χ0v) is 17.7. The van der Waals surface area contributed by atoms with Crippen molar-refractivity contribution in [2.45, 2.75) is 33.2 Å². The lowest BCUT2D eigenvalue weighted by atomic mass is 10.1. The van der Waals surface area contributed by atoms with Crippen LogP contribution in [0.3, 0.4) is 0 Å². The number of nitrogens with one attached hydrogen (secondary N) is 1. The fourth-order valence-electron chi connectivity index (χ4n) is 2.98. The van der Waals surface area contributed by atoms with Crippen LogP contribution >= 0.6 is 11.6 Å². The molecule has 0 aliphatic carbocycles. The molecule has 0 radical (unpaired) electrons. The average molecular weight is 423 g/mol. The minimum absolute atomic E-state index is 0.300. The van der Waals surface area contributed by atoms with Crippen molar-refractivity contribution in [2.24, 2.45) is 0 Å². The number of nitrogens with zero attached hydrogens (tertiary/aromatic N) is 3. The Morgan fingerprint density at radius 2 is 2.00 bits per heavy atom. The number of amides is 1. The minimum atomic E-state index is -0.325. The van der Waals surface area contributed by atoms with Gasteiger partial charge in [-0.25, -0.2) is 4.68 Å². The predicted octanol–water partition coefficient (Wildman–Crippen LogP) is 5.14. The van der Waals surface area contributed by atoms with E-state index in [4.69, 9.17) is 21.6 Å². The van der Waals surface area contributed by atoms with Crippen LogP contribution in [0.5, 0.6) is 5.75 Å². The second kappa shape index (κ2) is 9.95. The number of hydrogen-bond acceptors (Lipinski definition) is 4. The van der Waals surface area contributed by atoms with E-state index < -0.39 is 0 Å². The first kappa shape index (κ1) is 21.4. The summed E-state index contributed by atoms with van der Waals surface area (Å²) in [5.41, 5.74) is 3.74. The molecule has 0 aliphatic rings. The smallest absolute Gasteiger partial charge is 0.260 e. The molecule has 30 heavy (non-hydrogen) atoms. The van der Waals surface area contributed by atoms with Gasteiger partial charge in [-0.05, 0) is 38.0 Å². The van der Waals surface area contributed by atoms with Crippen molar-refractivity contribution < 1.29 is 9.53 Å². The largest absolute Gasteiger partial charge is 0.493 e. The molecule has 3 rings (SSSR count). The first-order valence-electron chi connectivity index (χ1n) is 9.67. The quantitative estimate of drug-likeness (QED) is 0.510. The van der Waals surface area contributed by atoms with Crippen LogP contribution in [0.4, 0.5) is 5.69 Å². The van der Waals surface area contributed by atoms with Crippen molar-refractivity contribution in [1.29, 1.82) is 5.26 Å². The van der Waals surface area contributed by atoms with E-state index in [-0.39, 0.29) is 5.91 Å². The first-order chi connectivity index (χ1) is 14.5. The Balaban J connectivity index is 1.70. The third-order valence-corrected chi connectivity index (χ3v) is 4.92. The lowest BCUT2D eigenvalue weighted by molar-refractivity contribution is 0.102. The number of anilines is 1. The van der Waals surface area contributed by atoms with Crippen molar-refractivity contribution in [3.63, 3.8) is 0 Å². The second-order valence-corrected chi connectivity index (χ2v) is 7.34. The van der Waals surface area contributed by atoms with E-state index in [2.05, 4.69) is 16.5 Å². The number of aromatic nitrogens is 2. The Bertz CT molecular complexity index is 1070. The Morgan fingerprint density at radius 1 is 1.23 bits per heavy atom. The number of rotatable bonds is 8. The SMILES string of the molecule is Cc1ccc(Cn2nc(C)c(C(=O)Nc3cccc(OCCCC#N)c3)c2Cl)cc1. The highest BCUT2D eigenvalue weighted by Crippen LogP contribution is 2.24. The Hall–Kier alpha value is -3.30. The summed E-state index contributed by atoms with van der Waals surface area (Å²) in [4.78, 5) is 12.9. The molecular weight excluding hydrogens is 400 g/mol. The Morgan fingerprint density at radius 3 is 2.73 bits per heavy atom. The molecule has 0 unspecified atom stereocenters. The standard InChI is InChI=1S/C23H23ClN4O2/c1-16-8-10-18(11-9-16)15-28-22(24)21(17(2)27-28)23(29)26-19-6-5-7-20(14-19)30-13-4-3-12-25/h5-11,14H,3-4,13,15H2,1-2H3,(H,26,29). The molecule has 1 N–H and O–H groups in total. The van der Waals surface area contributed by atoms with Crippen molar-refractivity contribution in [3.05, 3.63) is 76.1 Å². The van der Waals surface area contributed by atoms with Crippen LogP contribution in [0, 0.1) is 25.2 Å². The van der Waals surface area contributed by atoms with Crippen LogP contribution in [0.15, 0.2) is 48.5 Å². The fraction of sp³-hybridized carbons (Fsp3) is 0.261. The zero-order chi connectivity index (χ0) is 21.5.